The Bertz CT molecular complexity index is 602. The molecule has 0 aliphatic heterocycles. The predicted molar refractivity (Wildman–Crippen MR) is 86.9 cm³/mol. The number of nitrogens with zero attached hydrogens (tertiary/aromatic N) is 1. The molecule has 1 N–H and O–H groups in total. The van der Waals surface area contributed by atoms with E-state index in [2.05, 4.69) is 10.3 Å². The summed E-state index contributed by atoms with van der Waals surface area (Å²) in [6, 6.07) is 15.3. The van der Waals surface area contributed by atoms with E-state index in [9.17, 15) is 0 Å². The van der Waals surface area contributed by atoms with Crippen LogP contribution >= 0.6 is 0 Å². The van der Waals surface area contributed by atoms with Crippen molar-refractivity contribution in [2.45, 2.75) is 0 Å². The number of aliphatic imine (C=N–C) groups is 1. The second-order valence-electron chi connectivity index (χ2n) is 4.21. The lowest BCUT2D eigenvalue weighted by Gasteiger charge is -2.02. The lowest BCUT2D eigenvalue weighted by atomic mass is 10.3. The van der Waals surface area contributed by atoms with Gasteiger partial charge in [0, 0.05) is 18.1 Å². The molecule has 4 heteroatoms. The van der Waals surface area contributed by atoms with Crippen LogP contribution in [0.5, 0.6) is 11.5 Å². The molecule has 2 rings (SSSR count). The van der Waals surface area contributed by atoms with Crippen LogP contribution in [0.4, 0.5) is 11.4 Å². The average molecular weight is 282 g/mol. The highest BCUT2D eigenvalue weighted by atomic mass is 16.5. The molecule has 108 valence electrons. The molecule has 0 atom stereocenters. The van der Waals surface area contributed by atoms with E-state index in [-0.39, 0.29) is 0 Å². The summed E-state index contributed by atoms with van der Waals surface area (Å²) >= 11 is 0. The quantitative estimate of drug-likeness (QED) is 0.813. The second-order valence-corrected chi connectivity index (χ2v) is 4.21. The Morgan fingerprint density at radius 1 is 0.857 bits per heavy atom. The number of benzene rings is 2. The van der Waals surface area contributed by atoms with Gasteiger partial charge in [-0.25, -0.2) is 0 Å². The van der Waals surface area contributed by atoms with Gasteiger partial charge in [-0.1, -0.05) is 0 Å². The summed E-state index contributed by atoms with van der Waals surface area (Å²) in [6.45, 7) is 0. The van der Waals surface area contributed by atoms with Gasteiger partial charge < -0.3 is 14.8 Å². The molecule has 2 aromatic rings. The van der Waals surface area contributed by atoms with Gasteiger partial charge in [-0.2, -0.15) is 0 Å². The highest BCUT2D eigenvalue weighted by Crippen LogP contribution is 2.17. The van der Waals surface area contributed by atoms with Crippen molar-refractivity contribution in [3.8, 4) is 11.5 Å². The van der Waals surface area contributed by atoms with Gasteiger partial charge in [0.05, 0.1) is 19.9 Å². The smallest absolute Gasteiger partial charge is 0.119 e. The predicted octanol–water partition coefficient (Wildman–Crippen LogP) is 4.03. The van der Waals surface area contributed by atoms with E-state index in [1.165, 1.54) is 0 Å². The molecule has 0 amide bonds. The largest absolute Gasteiger partial charge is 0.497 e. The maximum absolute atomic E-state index is 5.10. The molecule has 2 aromatic carbocycles. The fourth-order valence-electron chi connectivity index (χ4n) is 1.67. The minimum absolute atomic E-state index is 0.825. The first kappa shape index (κ1) is 14.7. The minimum atomic E-state index is 0.825. The molecule has 0 bridgehead atoms. The highest BCUT2D eigenvalue weighted by molar-refractivity contribution is 5.75. The molecule has 0 fully saturated rings. The van der Waals surface area contributed by atoms with Gasteiger partial charge in [0.15, 0.2) is 0 Å². The SMILES string of the molecule is COc1ccc(N=C/C=C\Nc2ccc(OC)cc2)cc1. The average Bonchev–Trinajstić information content (AvgIpc) is 2.55. The molecule has 0 aliphatic carbocycles. The molecule has 0 unspecified atom stereocenters. The van der Waals surface area contributed by atoms with Gasteiger partial charge >= 0.3 is 0 Å². The van der Waals surface area contributed by atoms with E-state index in [1.807, 2.05) is 60.8 Å². The van der Waals surface area contributed by atoms with Crippen LogP contribution in [-0.4, -0.2) is 20.4 Å². The third-order valence-corrected chi connectivity index (χ3v) is 2.82. The third kappa shape index (κ3) is 4.69. The van der Waals surface area contributed by atoms with Crippen LogP contribution in [0.3, 0.4) is 0 Å². The van der Waals surface area contributed by atoms with Crippen molar-refractivity contribution in [2.24, 2.45) is 4.99 Å². The van der Waals surface area contributed by atoms with Crippen LogP contribution in [-0.2, 0) is 0 Å². The van der Waals surface area contributed by atoms with Crippen LogP contribution in [0, 0.1) is 0 Å². The van der Waals surface area contributed by atoms with E-state index in [0.29, 0.717) is 0 Å². The first-order valence-electron chi connectivity index (χ1n) is 6.55. The molecular weight excluding hydrogens is 264 g/mol. The lowest BCUT2D eigenvalue weighted by Crippen LogP contribution is -1.88. The number of rotatable bonds is 6. The standard InChI is InChI=1S/C17H18N2O2/c1-20-16-8-4-14(5-9-16)18-12-3-13-19-15-6-10-17(21-2)11-7-15/h3-13,18H,1-2H3/b12-3-,19-13?. The van der Waals surface area contributed by atoms with Crippen molar-refractivity contribution in [1.82, 2.24) is 0 Å². The Kier molecular flexibility index (Phi) is 5.41. The van der Waals surface area contributed by atoms with Crippen molar-refractivity contribution in [3.05, 3.63) is 60.8 Å². The van der Waals surface area contributed by atoms with Gasteiger partial charge in [-0.3, -0.25) is 4.99 Å². The fourth-order valence-corrected chi connectivity index (χ4v) is 1.67. The first-order valence-corrected chi connectivity index (χ1v) is 6.55. The Morgan fingerprint density at radius 2 is 1.43 bits per heavy atom. The zero-order valence-electron chi connectivity index (χ0n) is 12.1. The van der Waals surface area contributed by atoms with E-state index in [0.717, 1.165) is 22.9 Å². The monoisotopic (exact) mass is 282 g/mol. The van der Waals surface area contributed by atoms with Crippen molar-refractivity contribution >= 4 is 17.6 Å². The van der Waals surface area contributed by atoms with E-state index in [4.69, 9.17) is 9.47 Å². The summed E-state index contributed by atoms with van der Waals surface area (Å²) in [7, 11) is 3.30. The number of nitrogens with one attached hydrogen (secondary N) is 1. The molecule has 0 aromatic heterocycles. The Morgan fingerprint density at radius 3 is 2.00 bits per heavy atom. The molecule has 0 radical (unpaired) electrons. The Labute approximate surface area is 124 Å². The number of hydrogen-bond acceptors (Lipinski definition) is 4. The Hall–Kier alpha value is -2.75. The van der Waals surface area contributed by atoms with Crippen molar-refractivity contribution < 1.29 is 9.47 Å². The van der Waals surface area contributed by atoms with Crippen molar-refractivity contribution in [2.75, 3.05) is 19.5 Å². The van der Waals surface area contributed by atoms with Gasteiger partial charge in [-0.15, -0.1) is 0 Å². The number of ether oxygens (including phenoxy) is 2. The molecule has 21 heavy (non-hydrogen) atoms. The lowest BCUT2D eigenvalue weighted by molar-refractivity contribution is 0.415. The summed E-state index contributed by atoms with van der Waals surface area (Å²) in [6.07, 6.45) is 5.40. The first-order chi connectivity index (χ1) is 10.3. The van der Waals surface area contributed by atoms with Gasteiger partial charge in [-0.05, 0) is 54.6 Å². The number of anilines is 1. The maximum Gasteiger partial charge on any atom is 0.119 e. The van der Waals surface area contributed by atoms with Gasteiger partial charge in [0.25, 0.3) is 0 Å². The zero-order chi connectivity index (χ0) is 14.9. The van der Waals surface area contributed by atoms with Crippen LogP contribution in [0.1, 0.15) is 0 Å². The maximum atomic E-state index is 5.10. The molecule has 0 spiro atoms. The van der Waals surface area contributed by atoms with Crippen molar-refractivity contribution in [1.29, 1.82) is 0 Å². The Balaban J connectivity index is 1.84. The normalized spacial score (nSPS) is 11.0. The molecule has 0 saturated carbocycles. The molecule has 0 saturated heterocycles. The molecule has 0 aliphatic rings. The third-order valence-electron chi connectivity index (χ3n) is 2.82. The highest BCUT2D eigenvalue weighted by Gasteiger charge is 1.91. The van der Waals surface area contributed by atoms with Crippen LogP contribution < -0.4 is 14.8 Å². The van der Waals surface area contributed by atoms with Crippen LogP contribution in [0.25, 0.3) is 0 Å². The molecule has 4 nitrogen and oxygen atoms in total. The summed E-state index contributed by atoms with van der Waals surface area (Å²) in [5.41, 5.74) is 1.87. The van der Waals surface area contributed by atoms with E-state index >= 15 is 0 Å². The topological polar surface area (TPSA) is 42.8 Å². The van der Waals surface area contributed by atoms with Gasteiger partial charge in [0.2, 0.25) is 0 Å². The fraction of sp³-hybridized carbons (Fsp3) is 0.118. The summed E-state index contributed by atoms with van der Waals surface area (Å²) < 4.78 is 10.2. The second kappa shape index (κ2) is 7.75. The van der Waals surface area contributed by atoms with E-state index in [1.54, 1.807) is 20.4 Å². The number of hydrogen-bond donors (Lipinski definition) is 1. The minimum Gasteiger partial charge on any atom is -0.497 e. The molecular formula is C17H18N2O2. The summed E-state index contributed by atoms with van der Waals surface area (Å²) in [4.78, 5) is 4.31. The van der Waals surface area contributed by atoms with Gasteiger partial charge in [0.1, 0.15) is 11.5 Å². The molecule has 0 heterocycles. The zero-order valence-corrected chi connectivity index (χ0v) is 12.1. The number of methoxy groups -OCH3 is 2. The van der Waals surface area contributed by atoms with E-state index < -0.39 is 0 Å². The number of allylic oxidation sites excluding steroid dienone is 1. The summed E-state index contributed by atoms with van der Waals surface area (Å²) in [5, 5.41) is 3.15. The summed E-state index contributed by atoms with van der Waals surface area (Å²) in [5.74, 6) is 1.66. The van der Waals surface area contributed by atoms with Crippen LogP contribution in [0.2, 0.25) is 0 Å². The van der Waals surface area contributed by atoms with Crippen LogP contribution in [0.15, 0.2) is 65.8 Å². The van der Waals surface area contributed by atoms with Crippen molar-refractivity contribution in [3.63, 3.8) is 0 Å².